The van der Waals surface area contributed by atoms with Gasteiger partial charge in [-0.05, 0) is 55.2 Å². The first-order valence-corrected chi connectivity index (χ1v) is 11.7. The summed E-state index contributed by atoms with van der Waals surface area (Å²) in [7, 11) is 0. The van der Waals surface area contributed by atoms with Crippen LogP contribution >= 0.6 is 0 Å². The van der Waals surface area contributed by atoms with Crippen LogP contribution in [0.1, 0.15) is 38.2 Å². The minimum atomic E-state index is -1.02. The van der Waals surface area contributed by atoms with E-state index in [1.54, 1.807) is 0 Å². The van der Waals surface area contributed by atoms with Gasteiger partial charge in [0.25, 0.3) is 0 Å². The summed E-state index contributed by atoms with van der Waals surface area (Å²) in [6.45, 7) is 1.50. The fraction of sp³-hybridized carbons (Fsp3) is 0.308. The number of nitrogens with zero attached hydrogens (tertiary/aromatic N) is 4. The zero-order valence-corrected chi connectivity index (χ0v) is 19.4. The second-order valence-electron chi connectivity index (χ2n) is 9.23. The fourth-order valence-corrected chi connectivity index (χ4v) is 4.86. The molecule has 178 valence electrons. The molecule has 9 nitrogen and oxygen atoms in total. The number of tetrazole rings is 1. The molecule has 1 amide bonds. The molecule has 2 aromatic carbocycles. The molecule has 0 aliphatic heterocycles. The number of carbonyl (C=O) groups excluding carboxylic acids is 1. The van der Waals surface area contributed by atoms with Gasteiger partial charge in [0.2, 0.25) is 11.7 Å². The fourth-order valence-electron chi connectivity index (χ4n) is 4.86. The second kappa shape index (κ2) is 9.25. The van der Waals surface area contributed by atoms with E-state index in [1.807, 2.05) is 48.5 Å². The van der Waals surface area contributed by atoms with Crippen molar-refractivity contribution < 1.29 is 14.7 Å². The van der Waals surface area contributed by atoms with Gasteiger partial charge in [0, 0.05) is 16.5 Å². The van der Waals surface area contributed by atoms with E-state index in [0.717, 1.165) is 59.0 Å². The van der Waals surface area contributed by atoms with Crippen molar-refractivity contribution in [3.05, 3.63) is 60.2 Å². The maximum Gasteiger partial charge on any atom is 0.325 e. The van der Waals surface area contributed by atoms with E-state index in [2.05, 4.69) is 32.0 Å². The molecule has 2 heterocycles. The van der Waals surface area contributed by atoms with Gasteiger partial charge < -0.3 is 10.4 Å². The lowest BCUT2D eigenvalue weighted by Gasteiger charge is -2.29. The number of carboxylic acids is 1. The molecule has 0 saturated heterocycles. The number of H-pyrrole nitrogens is 1. The van der Waals surface area contributed by atoms with Gasteiger partial charge in [0.1, 0.15) is 6.04 Å². The Morgan fingerprint density at radius 2 is 1.80 bits per heavy atom. The molecule has 1 unspecified atom stereocenters. The van der Waals surface area contributed by atoms with E-state index in [-0.39, 0.29) is 5.91 Å². The molecule has 1 aliphatic rings. The maximum absolute atomic E-state index is 13.1. The summed E-state index contributed by atoms with van der Waals surface area (Å²) in [5, 5.41) is 26.9. The lowest BCUT2D eigenvalue weighted by Crippen LogP contribution is -2.47. The molecule has 1 fully saturated rings. The van der Waals surface area contributed by atoms with Crippen molar-refractivity contribution in [2.45, 2.75) is 45.1 Å². The predicted octanol–water partition coefficient (Wildman–Crippen LogP) is 3.77. The topological polar surface area (TPSA) is 134 Å². The third-order valence-corrected chi connectivity index (χ3v) is 6.84. The van der Waals surface area contributed by atoms with E-state index in [4.69, 9.17) is 4.98 Å². The Bertz CT molecular complexity index is 1360. The number of aliphatic carboxylic acids is 1. The molecular formula is C26H26N6O3. The van der Waals surface area contributed by atoms with E-state index >= 15 is 0 Å². The van der Waals surface area contributed by atoms with Gasteiger partial charge in [-0.1, -0.05) is 49.2 Å². The minimum absolute atomic E-state index is 0.164. The Hall–Kier alpha value is -4.14. The molecule has 1 atom stereocenters. The number of amides is 1. The van der Waals surface area contributed by atoms with Gasteiger partial charge >= 0.3 is 5.97 Å². The lowest BCUT2D eigenvalue weighted by molar-refractivity contribution is -0.143. The number of aromatic nitrogens is 5. The monoisotopic (exact) mass is 470 g/mol. The highest BCUT2D eigenvalue weighted by Crippen LogP contribution is 2.41. The van der Waals surface area contributed by atoms with Crippen molar-refractivity contribution in [3.63, 3.8) is 0 Å². The summed E-state index contributed by atoms with van der Waals surface area (Å²) < 4.78 is 0. The third kappa shape index (κ3) is 4.62. The third-order valence-electron chi connectivity index (χ3n) is 6.84. The van der Waals surface area contributed by atoms with E-state index in [0.29, 0.717) is 12.2 Å². The van der Waals surface area contributed by atoms with Gasteiger partial charge in [0.15, 0.2) is 0 Å². The highest BCUT2D eigenvalue weighted by Gasteiger charge is 2.42. The van der Waals surface area contributed by atoms with Crippen LogP contribution in [0.2, 0.25) is 0 Å². The number of carboxylic acid groups (broad SMARTS) is 1. The molecule has 3 N–H and O–H groups in total. The van der Waals surface area contributed by atoms with Crippen molar-refractivity contribution >= 4 is 22.8 Å². The number of benzene rings is 2. The lowest BCUT2D eigenvalue weighted by atomic mass is 9.78. The van der Waals surface area contributed by atoms with Crippen LogP contribution < -0.4 is 5.32 Å². The first-order chi connectivity index (χ1) is 16.9. The van der Waals surface area contributed by atoms with Gasteiger partial charge in [0.05, 0.1) is 16.6 Å². The molecule has 2 aromatic heterocycles. The number of aromatic amines is 1. The average Bonchev–Trinajstić information content (AvgIpc) is 3.57. The zero-order chi connectivity index (χ0) is 24.4. The van der Waals surface area contributed by atoms with E-state index in [1.165, 1.54) is 6.92 Å². The van der Waals surface area contributed by atoms with Gasteiger partial charge in [-0.3, -0.25) is 9.59 Å². The van der Waals surface area contributed by atoms with Crippen molar-refractivity contribution in [1.29, 1.82) is 0 Å². The van der Waals surface area contributed by atoms with Crippen LogP contribution in [0, 0.1) is 5.41 Å². The molecule has 1 saturated carbocycles. The molecule has 9 heteroatoms. The number of pyridine rings is 1. The van der Waals surface area contributed by atoms with Crippen LogP contribution in [0.5, 0.6) is 0 Å². The maximum atomic E-state index is 13.1. The van der Waals surface area contributed by atoms with Crippen molar-refractivity contribution in [2.75, 3.05) is 0 Å². The van der Waals surface area contributed by atoms with Crippen LogP contribution in [0.15, 0.2) is 54.6 Å². The molecule has 0 spiro atoms. The molecule has 35 heavy (non-hydrogen) atoms. The normalized spacial score (nSPS) is 15.7. The molecular weight excluding hydrogens is 444 g/mol. The minimum Gasteiger partial charge on any atom is -0.480 e. The summed E-state index contributed by atoms with van der Waals surface area (Å²) >= 11 is 0. The Morgan fingerprint density at radius 1 is 1.06 bits per heavy atom. The SMILES string of the molecule is CC(NC(=O)C1(Cc2ccc3nc(-c4ccc(-c5nn[nH]n5)cc4)ccc3c2)CCCC1)C(=O)O. The second-order valence-corrected chi connectivity index (χ2v) is 9.23. The van der Waals surface area contributed by atoms with Crippen LogP contribution in [-0.4, -0.2) is 48.6 Å². The molecule has 0 radical (unpaired) electrons. The van der Waals surface area contributed by atoms with E-state index in [9.17, 15) is 14.7 Å². The summed E-state index contributed by atoms with van der Waals surface area (Å²) in [6.07, 6.45) is 4.05. The van der Waals surface area contributed by atoms with Crippen molar-refractivity contribution in [2.24, 2.45) is 5.41 Å². The van der Waals surface area contributed by atoms with Gasteiger partial charge in [-0.25, -0.2) is 4.98 Å². The van der Waals surface area contributed by atoms with E-state index < -0.39 is 17.4 Å². The Morgan fingerprint density at radius 3 is 2.49 bits per heavy atom. The number of fused-ring (bicyclic) bond motifs is 1. The molecule has 0 bridgehead atoms. The summed E-state index contributed by atoms with van der Waals surface area (Å²) in [4.78, 5) is 29.1. The number of nitrogens with one attached hydrogen (secondary N) is 2. The highest BCUT2D eigenvalue weighted by molar-refractivity contribution is 5.88. The zero-order valence-electron chi connectivity index (χ0n) is 19.4. The smallest absolute Gasteiger partial charge is 0.325 e. The van der Waals surface area contributed by atoms with Crippen LogP contribution in [0.4, 0.5) is 0 Å². The first kappa shape index (κ1) is 22.6. The summed E-state index contributed by atoms with van der Waals surface area (Å²) in [6, 6.07) is 17.1. The number of hydrogen-bond acceptors (Lipinski definition) is 6. The quantitative estimate of drug-likeness (QED) is 0.374. The first-order valence-electron chi connectivity index (χ1n) is 11.7. The average molecular weight is 471 g/mol. The van der Waals surface area contributed by atoms with Crippen LogP contribution in [0.3, 0.4) is 0 Å². The van der Waals surface area contributed by atoms with Gasteiger partial charge in [-0.15, -0.1) is 10.2 Å². The summed E-state index contributed by atoms with van der Waals surface area (Å²) in [5.41, 5.74) is 4.08. The van der Waals surface area contributed by atoms with Gasteiger partial charge in [-0.2, -0.15) is 5.21 Å². The van der Waals surface area contributed by atoms with Crippen molar-refractivity contribution in [1.82, 2.24) is 30.9 Å². The Kier molecular flexibility index (Phi) is 5.98. The highest BCUT2D eigenvalue weighted by atomic mass is 16.4. The largest absolute Gasteiger partial charge is 0.480 e. The predicted molar refractivity (Wildman–Crippen MR) is 130 cm³/mol. The number of hydrogen-bond donors (Lipinski definition) is 3. The molecule has 1 aliphatic carbocycles. The van der Waals surface area contributed by atoms with Crippen LogP contribution in [-0.2, 0) is 16.0 Å². The van der Waals surface area contributed by atoms with Crippen molar-refractivity contribution in [3.8, 4) is 22.6 Å². The standard InChI is InChI=1S/C26H26N6O3/c1-16(24(33)34)27-25(35)26(12-2-3-13-26)15-17-4-10-22-20(14-17)9-11-21(28-22)18-5-7-19(8-6-18)23-29-31-32-30-23/h4-11,14,16H,2-3,12-13,15H2,1H3,(H,27,35)(H,33,34)(H,29,30,31,32). The van der Waals surface area contributed by atoms with Crippen LogP contribution in [0.25, 0.3) is 33.5 Å². The summed E-state index contributed by atoms with van der Waals surface area (Å²) in [5.74, 6) is -0.645. The molecule has 5 rings (SSSR count). The molecule has 4 aromatic rings. The number of carbonyl (C=O) groups is 2. The Labute approximate surface area is 202 Å². The number of rotatable bonds is 7. The Balaban J connectivity index is 1.36.